The molecule has 2 atom stereocenters. The second-order valence-corrected chi connectivity index (χ2v) is 3.58. The Labute approximate surface area is 75.3 Å². The van der Waals surface area contributed by atoms with Gasteiger partial charge in [-0.25, -0.2) is 0 Å². The average molecular weight is 194 g/mol. The molecular formula is C7H9Cl2NO. The van der Waals surface area contributed by atoms with Crippen molar-refractivity contribution in [3.05, 3.63) is 22.8 Å². The molecule has 4 heteroatoms. The summed E-state index contributed by atoms with van der Waals surface area (Å²) in [5.41, 5.74) is 6.17. The zero-order chi connectivity index (χ0) is 8.65. The maximum Gasteiger partial charge on any atom is 0.144 e. The monoisotopic (exact) mass is 193 g/mol. The van der Waals surface area contributed by atoms with Crippen molar-refractivity contribution in [2.24, 2.45) is 5.73 Å². The van der Waals surface area contributed by atoms with Gasteiger partial charge >= 0.3 is 0 Å². The molecule has 1 aliphatic rings. The van der Waals surface area contributed by atoms with Gasteiger partial charge in [0.1, 0.15) is 11.1 Å². The Kier molecular flexibility index (Phi) is 2.30. The molecule has 11 heavy (non-hydrogen) atoms. The van der Waals surface area contributed by atoms with Gasteiger partial charge in [-0.3, -0.25) is 0 Å². The average Bonchev–Trinajstić information content (AvgIpc) is 1.95. The molecule has 0 saturated heterocycles. The first-order chi connectivity index (χ1) is 4.96. The fourth-order valence-corrected chi connectivity index (χ4v) is 1.30. The lowest BCUT2D eigenvalue weighted by molar-refractivity contribution is 0.185. The lowest BCUT2D eigenvalue weighted by Gasteiger charge is -2.30. The minimum Gasteiger partial charge on any atom is -0.385 e. The summed E-state index contributed by atoms with van der Waals surface area (Å²) in [4.78, 5) is -1.24. The van der Waals surface area contributed by atoms with Crippen molar-refractivity contribution < 1.29 is 5.11 Å². The predicted octanol–water partition coefficient (Wildman–Crippen LogP) is 1.32. The molecular weight excluding hydrogens is 185 g/mol. The summed E-state index contributed by atoms with van der Waals surface area (Å²) in [6, 6.07) is 0. The Bertz CT molecular complexity index is 233. The SMILES string of the molecule is CC1=C(Cl)C=CC(O)C1(N)Cl. The first-order valence-electron chi connectivity index (χ1n) is 3.17. The van der Waals surface area contributed by atoms with Crippen LogP contribution in [0.1, 0.15) is 6.92 Å². The van der Waals surface area contributed by atoms with Crippen molar-refractivity contribution in [1.82, 2.24) is 0 Å². The molecule has 0 radical (unpaired) electrons. The first kappa shape index (κ1) is 9.07. The second-order valence-electron chi connectivity index (χ2n) is 2.54. The van der Waals surface area contributed by atoms with Gasteiger partial charge in [0.05, 0.1) is 0 Å². The molecule has 0 fully saturated rings. The Morgan fingerprint density at radius 3 is 2.73 bits per heavy atom. The highest BCUT2D eigenvalue weighted by atomic mass is 35.5. The van der Waals surface area contributed by atoms with Gasteiger partial charge in [0, 0.05) is 5.03 Å². The summed E-state index contributed by atoms with van der Waals surface area (Å²) in [6.45, 7) is 1.70. The van der Waals surface area contributed by atoms with Crippen molar-refractivity contribution in [3.63, 3.8) is 0 Å². The van der Waals surface area contributed by atoms with E-state index in [0.29, 0.717) is 10.6 Å². The third-order valence-electron chi connectivity index (χ3n) is 1.79. The fourth-order valence-electron chi connectivity index (χ4n) is 0.846. The van der Waals surface area contributed by atoms with Crippen molar-refractivity contribution in [2.45, 2.75) is 18.0 Å². The summed E-state index contributed by atoms with van der Waals surface area (Å²) in [7, 11) is 0. The van der Waals surface area contributed by atoms with Gasteiger partial charge in [0.25, 0.3) is 0 Å². The number of hydrogen-bond acceptors (Lipinski definition) is 2. The highest BCUT2D eigenvalue weighted by molar-refractivity contribution is 6.34. The number of allylic oxidation sites excluding steroid dienone is 2. The van der Waals surface area contributed by atoms with Gasteiger partial charge < -0.3 is 10.8 Å². The van der Waals surface area contributed by atoms with Crippen LogP contribution in [0.25, 0.3) is 0 Å². The highest BCUT2D eigenvalue weighted by Crippen LogP contribution is 2.32. The summed E-state index contributed by atoms with van der Waals surface area (Å²) >= 11 is 11.5. The summed E-state index contributed by atoms with van der Waals surface area (Å²) in [5, 5.41) is 9.78. The van der Waals surface area contributed by atoms with E-state index in [1.54, 1.807) is 13.0 Å². The van der Waals surface area contributed by atoms with Gasteiger partial charge in [-0.15, -0.1) is 0 Å². The van der Waals surface area contributed by atoms with Crippen LogP contribution in [0, 0.1) is 0 Å². The third-order valence-corrected chi connectivity index (χ3v) is 2.70. The largest absolute Gasteiger partial charge is 0.385 e. The lowest BCUT2D eigenvalue weighted by Crippen LogP contribution is -2.47. The first-order valence-corrected chi connectivity index (χ1v) is 3.92. The summed E-state index contributed by atoms with van der Waals surface area (Å²) in [5.74, 6) is 0. The van der Waals surface area contributed by atoms with Crippen molar-refractivity contribution >= 4 is 23.2 Å². The number of halogens is 2. The van der Waals surface area contributed by atoms with Gasteiger partial charge in [-0.2, -0.15) is 0 Å². The minimum absolute atomic E-state index is 0.493. The van der Waals surface area contributed by atoms with Crippen LogP contribution in [0.15, 0.2) is 22.8 Å². The minimum atomic E-state index is -1.24. The molecule has 2 unspecified atom stereocenters. The van der Waals surface area contributed by atoms with Crippen molar-refractivity contribution in [1.29, 1.82) is 0 Å². The summed E-state index contributed by atoms with van der Waals surface area (Å²) < 4.78 is 0. The topological polar surface area (TPSA) is 46.2 Å². The maximum atomic E-state index is 9.29. The molecule has 3 N–H and O–H groups in total. The molecule has 0 aliphatic heterocycles. The molecule has 0 bridgehead atoms. The molecule has 0 aromatic carbocycles. The zero-order valence-electron chi connectivity index (χ0n) is 6.01. The number of rotatable bonds is 0. The maximum absolute atomic E-state index is 9.29. The van der Waals surface area contributed by atoms with Crippen LogP contribution in [-0.4, -0.2) is 16.2 Å². The van der Waals surface area contributed by atoms with E-state index in [1.807, 2.05) is 0 Å². The molecule has 62 valence electrons. The third kappa shape index (κ3) is 1.44. The van der Waals surface area contributed by atoms with Crippen LogP contribution in [0.5, 0.6) is 0 Å². The normalized spacial score (nSPS) is 38.1. The standard InChI is InChI=1S/C7H9Cl2NO/c1-4-5(8)2-3-6(11)7(4,9)10/h2-3,6,11H,10H2,1H3. The van der Waals surface area contributed by atoms with E-state index in [2.05, 4.69) is 0 Å². The Morgan fingerprint density at radius 2 is 2.27 bits per heavy atom. The number of nitrogens with two attached hydrogens (primary N) is 1. The number of aliphatic hydroxyl groups excluding tert-OH is 1. The molecule has 0 saturated carbocycles. The zero-order valence-corrected chi connectivity index (χ0v) is 7.52. The Morgan fingerprint density at radius 1 is 1.73 bits per heavy atom. The number of alkyl halides is 1. The molecule has 0 heterocycles. The van der Waals surface area contributed by atoms with Gasteiger partial charge in [0.15, 0.2) is 0 Å². The molecule has 0 amide bonds. The van der Waals surface area contributed by atoms with Crippen molar-refractivity contribution in [2.75, 3.05) is 0 Å². The van der Waals surface area contributed by atoms with E-state index in [4.69, 9.17) is 28.9 Å². The van der Waals surface area contributed by atoms with Crippen LogP contribution in [0.4, 0.5) is 0 Å². The summed E-state index contributed by atoms with van der Waals surface area (Å²) in [6.07, 6.45) is 2.20. The van der Waals surface area contributed by atoms with Gasteiger partial charge in [-0.1, -0.05) is 29.3 Å². The van der Waals surface area contributed by atoms with Gasteiger partial charge in [0.2, 0.25) is 0 Å². The van der Waals surface area contributed by atoms with Crippen LogP contribution in [-0.2, 0) is 0 Å². The quantitative estimate of drug-likeness (QED) is 0.451. The van der Waals surface area contributed by atoms with E-state index < -0.39 is 11.1 Å². The molecule has 1 aliphatic carbocycles. The van der Waals surface area contributed by atoms with Crippen LogP contribution in [0.2, 0.25) is 0 Å². The second kappa shape index (κ2) is 2.79. The smallest absolute Gasteiger partial charge is 0.144 e. The van der Waals surface area contributed by atoms with Crippen LogP contribution < -0.4 is 5.73 Å². The van der Waals surface area contributed by atoms with Crippen LogP contribution in [0.3, 0.4) is 0 Å². The molecule has 0 aromatic rings. The number of hydrogen-bond donors (Lipinski definition) is 2. The highest BCUT2D eigenvalue weighted by Gasteiger charge is 2.35. The fraction of sp³-hybridized carbons (Fsp3) is 0.429. The molecule has 0 aromatic heterocycles. The number of aliphatic hydroxyl groups is 1. The Hall–Kier alpha value is -0.0200. The van der Waals surface area contributed by atoms with E-state index >= 15 is 0 Å². The van der Waals surface area contributed by atoms with E-state index in [0.717, 1.165) is 0 Å². The molecule has 2 nitrogen and oxygen atoms in total. The lowest BCUT2D eigenvalue weighted by atomic mass is 9.98. The Balaban J connectivity index is 3.07. The van der Waals surface area contributed by atoms with E-state index in [-0.39, 0.29) is 0 Å². The van der Waals surface area contributed by atoms with Crippen molar-refractivity contribution in [3.8, 4) is 0 Å². The van der Waals surface area contributed by atoms with E-state index in [9.17, 15) is 5.11 Å². The molecule has 1 rings (SSSR count). The molecule has 0 spiro atoms. The van der Waals surface area contributed by atoms with Gasteiger partial charge in [-0.05, 0) is 18.6 Å². The van der Waals surface area contributed by atoms with Crippen LogP contribution >= 0.6 is 23.2 Å². The van der Waals surface area contributed by atoms with E-state index in [1.165, 1.54) is 6.08 Å². The predicted molar refractivity (Wildman–Crippen MR) is 46.5 cm³/mol.